The van der Waals surface area contributed by atoms with Crippen molar-refractivity contribution in [2.45, 2.75) is 18.9 Å². The van der Waals surface area contributed by atoms with Crippen LogP contribution in [0.1, 0.15) is 12.8 Å². The van der Waals surface area contributed by atoms with E-state index in [0.717, 1.165) is 17.0 Å². The van der Waals surface area contributed by atoms with Crippen LogP contribution in [0.5, 0.6) is 5.75 Å². The lowest BCUT2D eigenvalue weighted by atomic mass is 10.1. The van der Waals surface area contributed by atoms with Gasteiger partial charge in [0.25, 0.3) is 0 Å². The highest BCUT2D eigenvalue weighted by Crippen LogP contribution is 2.22. The third-order valence-corrected chi connectivity index (χ3v) is 3.61. The van der Waals surface area contributed by atoms with E-state index in [1.807, 2.05) is 24.3 Å². The molecular formula is C16H16N4O3. The van der Waals surface area contributed by atoms with Crippen LogP contribution in [0.3, 0.4) is 0 Å². The van der Waals surface area contributed by atoms with Crippen LogP contribution in [0.4, 0.5) is 5.82 Å². The molecule has 118 valence electrons. The van der Waals surface area contributed by atoms with Crippen molar-refractivity contribution in [1.29, 1.82) is 0 Å². The Morgan fingerprint density at radius 1 is 1.22 bits per heavy atom. The average molecular weight is 312 g/mol. The number of methoxy groups -OCH3 is 1. The fourth-order valence-corrected chi connectivity index (χ4v) is 2.37. The van der Waals surface area contributed by atoms with Gasteiger partial charge in [-0.05, 0) is 30.7 Å². The van der Waals surface area contributed by atoms with E-state index in [2.05, 4.69) is 20.6 Å². The van der Waals surface area contributed by atoms with Crippen LogP contribution in [0.2, 0.25) is 0 Å². The maximum absolute atomic E-state index is 11.8. The third-order valence-electron chi connectivity index (χ3n) is 3.61. The Balaban J connectivity index is 1.76. The maximum Gasteiger partial charge on any atom is 0.249 e. The van der Waals surface area contributed by atoms with Gasteiger partial charge in [-0.1, -0.05) is 0 Å². The van der Waals surface area contributed by atoms with E-state index in [1.165, 1.54) is 6.33 Å². The first kappa shape index (κ1) is 15.0. The van der Waals surface area contributed by atoms with Gasteiger partial charge in [-0.2, -0.15) is 0 Å². The van der Waals surface area contributed by atoms with Gasteiger partial charge < -0.3 is 10.1 Å². The van der Waals surface area contributed by atoms with Gasteiger partial charge in [-0.3, -0.25) is 14.9 Å². The zero-order valence-electron chi connectivity index (χ0n) is 12.6. The number of hydrogen-bond donors (Lipinski definition) is 2. The summed E-state index contributed by atoms with van der Waals surface area (Å²) in [4.78, 5) is 31.3. The summed E-state index contributed by atoms with van der Waals surface area (Å²) in [6.07, 6.45) is 2.21. The van der Waals surface area contributed by atoms with Crippen LogP contribution < -0.4 is 15.4 Å². The molecule has 23 heavy (non-hydrogen) atoms. The Bertz CT molecular complexity index is 730. The van der Waals surface area contributed by atoms with Crippen molar-refractivity contribution in [2.24, 2.45) is 0 Å². The lowest BCUT2D eigenvalue weighted by Crippen LogP contribution is -2.47. The van der Waals surface area contributed by atoms with E-state index in [4.69, 9.17) is 4.74 Å². The van der Waals surface area contributed by atoms with E-state index in [1.54, 1.807) is 13.2 Å². The van der Waals surface area contributed by atoms with Gasteiger partial charge in [0.2, 0.25) is 11.8 Å². The van der Waals surface area contributed by atoms with E-state index in [-0.39, 0.29) is 11.8 Å². The van der Waals surface area contributed by atoms with Gasteiger partial charge in [-0.15, -0.1) is 0 Å². The summed E-state index contributed by atoms with van der Waals surface area (Å²) in [5.41, 5.74) is 1.65. The zero-order valence-corrected chi connectivity index (χ0v) is 12.6. The molecule has 0 aliphatic carbocycles. The first-order valence-corrected chi connectivity index (χ1v) is 7.22. The topological polar surface area (TPSA) is 93.2 Å². The van der Waals surface area contributed by atoms with E-state index in [9.17, 15) is 9.59 Å². The first-order valence-electron chi connectivity index (χ1n) is 7.22. The van der Waals surface area contributed by atoms with E-state index >= 15 is 0 Å². The molecule has 0 radical (unpaired) electrons. The average Bonchev–Trinajstić information content (AvgIpc) is 2.58. The zero-order chi connectivity index (χ0) is 16.2. The molecule has 1 aromatic carbocycles. The Morgan fingerprint density at radius 2 is 2.00 bits per heavy atom. The summed E-state index contributed by atoms with van der Waals surface area (Å²) in [6.45, 7) is 0. The molecule has 1 fully saturated rings. The highest BCUT2D eigenvalue weighted by Gasteiger charge is 2.26. The van der Waals surface area contributed by atoms with Crippen molar-refractivity contribution >= 4 is 17.6 Å². The van der Waals surface area contributed by atoms with Gasteiger partial charge in [-0.25, -0.2) is 9.97 Å². The second-order valence-electron chi connectivity index (χ2n) is 5.17. The number of carbonyl (C=O) groups excluding carboxylic acids is 2. The highest BCUT2D eigenvalue weighted by atomic mass is 16.5. The molecule has 1 aromatic heterocycles. The predicted octanol–water partition coefficient (Wildman–Crippen LogP) is 1.37. The summed E-state index contributed by atoms with van der Waals surface area (Å²) < 4.78 is 5.13. The molecule has 0 spiro atoms. The lowest BCUT2D eigenvalue weighted by molar-refractivity contribution is -0.133. The summed E-state index contributed by atoms with van der Waals surface area (Å²) in [7, 11) is 1.61. The number of nitrogens with zero attached hydrogens (tertiary/aromatic N) is 2. The molecular weight excluding hydrogens is 296 g/mol. The Hall–Kier alpha value is -2.96. The molecule has 1 unspecified atom stereocenters. The number of ether oxygens (including phenoxy) is 1. The van der Waals surface area contributed by atoms with Crippen LogP contribution in [-0.2, 0) is 9.59 Å². The number of piperidine rings is 1. The molecule has 7 heteroatoms. The molecule has 1 aliphatic rings. The monoisotopic (exact) mass is 312 g/mol. The van der Waals surface area contributed by atoms with Crippen molar-refractivity contribution in [3.63, 3.8) is 0 Å². The van der Waals surface area contributed by atoms with Crippen LogP contribution in [-0.4, -0.2) is 34.9 Å². The largest absolute Gasteiger partial charge is 0.497 e. The molecule has 2 N–H and O–H groups in total. The van der Waals surface area contributed by atoms with Crippen LogP contribution in [0.25, 0.3) is 11.3 Å². The number of rotatable bonds is 4. The van der Waals surface area contributed by atoms with Crippen LogP contribution in [0.15, 0.2) is 36.7 Å². The molecule has 7 nitrogen and oxygen atoms in total. The van der Waals surface area contributed by atoms with Gasteiger partial charge in [0, 0.05) is 18.1 Å². The predicted molar refractivity (Wildman–Crippen MR) is 83.8 cm³/mol. The summed E-state index contributed by atoms with van der Waals surface area (Å²) >= 11 is 0. The minimum Gasteiger partial charge on any atom is -0.497 e. The normalized spacial score (nSPS) is 17.5. The molecule has 0 saturated carbocycles. The molecule has 0 bridgehead atoms. The Kier molecular flexibility index (Phi) is 4.18. The number of carbonyl (C=O) groups is 2. The number of amides is 2. The smallest absolute Gasteiger partial charge is 0.249 e. The summed E-state index contributed by atoms with van der Waals surface area (Å²) in [5.74, 6) is 0.741. The second kappa shape index (κ2) is 6.43. The molecule has 2 amide bonds. The summed E-state index contributed by atoms with van der Waals surface area (Å²) in [6, 6.07) is 8.81. The van der Waals surface area contributed by atoms with E-state index in [0.29, 0.717) is 18.7 Å². The molecule has 1 aliphatic heterocycles. The fraction of sp³-hybridized carbons (Fsp3) is 0.250. The van der Waals surface area contributed by atoms with Gasteiger partial charge in [0.15, 0.2) is 0 Å². The lowest BCUT2D eigenvalue weighted by Gasteiger charge is -2.22. The quantitative estimate of drug-likeness (QED) is 0.828. The van der Waals surface area contributed by atoms with Gasteiger partial charge >= 0.3 is 0 Å². The molecule has 3 rings (SSSR count). The Morgan fingerprint density at radius 3 is 2.70 bits per heavy atom. The van der Waals surface area contributed by atoms with Crippen LogP contribution in [0, 0.1) is 0 Å². The van der Waals surface area contributed by atoms with Crippen molar-refractivity contribution in [2.75, 3.05) is 12.4 Å². The number of anilines is 1. The molecule has 1 atom stereocenters. The minimum absolute atomic E-state index is 0.241. The number of imide groups is 1. The maximum atomic E-state index is 11.8. The van der Waals surface area contributed by atoms with Crippen LogP contribution >= 0.6 is 0 Å². The fourth-order valence-electron chi connectivity index (χ4n) is 2.37. The standard InChI is InChI=1S/C16H16N4O3/c1-23-11-4-2-10(3-5-11)13-8-14(18-9-17-13)19-12-6-7-15(21)20-16(12)22/h2-5,8-9,12H,6-7H2,1H3,(H,17,18,19)(H,20,21,22). The Labute approximate surface area is 133 Å². The van der Waals surface area contributed by atoms with Crippen molar-refractivity contribution in [1.82, 2.24) is 15.3 Å². The number of aromatic nitrogens is 2. The highest BCUT2D eigenvalue weighted by molar-refractivity contribution is 6.01. The summed E-state index contributed by atoms with van der Waals surface area (Å²) in [5, 5.41) is 5.35. The third kappa shape index (κ3) is 3.45. The van der Waals surface area contributed by atoms with Crippen molar-refractivity contribution in [3.8, 4) is 17.0 Å². The van der Waals surface area contributed by atoms with Gasteiger partial charge in [0.1, 0.15) is 23.9 Å². The van der Waals surface area contributed by atoms with Crippen molar-refractivity contribution < 1.29 is 14.3 Å². The molecule has 2 aromatic rings. The first-order chi connectivity index (χ1) is 11.2. The second-order valence-corrected chi connectivity index (χ2v) is 5.17. The van der Waals surface area contributed by atoms with E-state index < -0.39 is 6.04 Å². The molecule has 2 heterocycles. The molecule has 1 saturated heterocycles. The number of hydrogen-bond acceptors (Lipinski definition) is 6. The number of benzene rings is 1. The van der Waals surface area contributed by atoms with Crippen molar-refractivity contribution in [3.05, 3.63) is 36.7 Å². The SMILES string of the molecule is COc1ccc(-c2cc(NC3CCC(=O)NC3=O)ncn2)cc1. The number of nitrogens with one attached hydrogen (secondary N) is 2. The minimum atomic E-state index is -0.466. The van der Waals surface area contributed by atoms with Gasteiger partial charge in [0.05, 0.1) is 12.8 Å².